The summed E-state index contributed by atoms with van der Waals surface area (Å²) in [5, 5.41) is 17.0. The Kier molecular flexibility index (Phi) is 5.77. The molecule has 3 N–H and O–H groups in total. The Labute approximate surface area is 212 Å². The van der Waals surface area contributed by atoms with Gasteiger partial charge in [-0.2, -0.15) is 0 Å². The largest absolute Gasteiger partial charge is 0.386 e. The maximum atomic E-state index is 13.6. The van der Waals surface area contributed by atoms with Gasteiger partial charge in [-0.1, -0.05) is 6.07 Å². The molecule has 0 bridgehead atoms. The molecule has 2 aliphatic rings. The predicted molar refractivity (Wildman–Crippen MR) is 138 cm³/mol. The van der Waals surface area contributed by atoms with Crippen molar-refractivity contribution in [1.29, 1.82) is 0 Å². The van der Waals surface area contributed by atoms with Crippen molar-refractivity contribution in [2.45, 2.75) is 25.0 Å². The molecule has 4 aromatic rings. The Morgan fingerprint density at radius 1 is 1.22 bits per heavy atom. The number of hydrogen-bond acceptors (Lipinski definition) is 7. The highest BCUT2D eigenvalue weighted by Crippen LogP contribution is 2.35. The topological polar surface area (TPSA) is 104 Å². The van der Waals surface area contributed by atoms with Crippen LogP contribution in [0.4, 0.5) is 21.6 Å². The minimum absolute atomic E-state index is 0.165. The molecule has 0 radical (unpaired) electrons. The van der Waals surface area contributed by atoms with Crippen LogP contribution in [0.3, 0.4) is 0 Å². The average Bonchev–Trinajstić information content (AvgIpc) is 3.48. The van der Waals surface area contributed by atoms with E-state index in [1.54, 1.807) is 25.7 Å². The molecule has 0 saturated carbocycles. The van der Waals surface area contributed by atoms with Crippen LogP contribution in [-0.4, -0.2) is 57.8 Å². The SMILES string of the molecule is COC[C@]1(O)CCCN(c2ccc(Nc3ccc(-c4cnc5cc(F)ccn45)c4c3C(=O)NC4)nc2)C1. The Morgan fingerprint density at radius 3 is 2.92 bits per heavy atom. The molecule has 1 amide bonds. The minimum Gasteiger partial charge on any atom is -0.386 e. The molecule has 0 spiro atoms. The Hall–Kier alpha value is -4.02. The number of ether oxygens (including phenoxy) is 1. The third kappa shape index (κ3) is 4.28. The van der Waals surface area contributed by atoms with Crippen molar-refractivity contribution >= 4 is 28.7 Å². The number of aromatic nitrogens is 3. The van der Waals surface area contributed by atoms with E-state index in [0.29, 0.717) is 48.8 Å². The summed E-state index contributed by atoms with van der Waals surface area (Å²) in [6, 6.07) is 10.4. The summed E-state index contributed by atoms with van der Waals surface area (Å²) in [4.78, 5) is 23.8. The van der Waals surface area contributed by atoms with Crippen molar-refractivity contribution in [1.82, 2.24) is 19.7 Å². The number of fused-ring (bicyclic) bond motifs is 2. The number of β-amino-alcohol motifs (C(OH)–C–C–N with tert-alkyl or cyclic N) is 1. The Balaban J connectivity index is 1.27. The number of benzene rings is 1. The Morgan fingerprint density at radius 2 is 2.11 bits per heavy atom. The number of nitrogens with one attached hydrogen (secondary N) is 2. The molecule has 10 heteroatoms. The number of aliphatic hydroxyl groups is 1. The lowest BCUT2D eigenvalue weighted by molar-refractivity contribution is -0.0393. The fourth-order valence-electron chi connectivity index (χ4n) is 5.35. The second-order valence-electron chi connectivity index (χ2n) is 9.62. The lowest BCUT2D eigenvalue weighted by atomic mass is 9.93. The monoisotopic (exact) mass is 502 g/mol. The molecule has 1 atom stereocenters. The zero-order valence-electron chi connectivity index (χ0n) is 20.4. The molecule has 37 heavy (non-hydrogen) atoms. The van der Waals surface area contributed by atoms with Crippen LogP contribution >= 0.6 is 0 Å². The molecule has 1 aromatic carbocycles. The van der Waals surface area contributed by atoms with E-state index in [-0.39, 0.29) is 11.7 Å². The first kappa shape index (κ1) is 23.4. The van der Waals surface area contributed by atoms with Gasteiger partial charge in [0, 0.05) is 44.6 Å². The van der Waals surface area contributed by atoms with Gasteiger partial charge in [0.15, 0.2) is 0 Å². The maximum absolute atomic E-state index is 13.6. The molecule has 5 heterocycles. The number of carbonyl (C=O) groups excluding carboxylic acids is 1. The summed E-state index contributed by atoms with van der Waals surface area (Å²) in [7, 11) is 1.60. The molecule has 3 aromatic heterocycles. The van der Waals surface area contributed by atoms with Crippen LogP contribution in [0.15, 0.2) is 55.0 Å². The standard InChI is InChI=1S/C27H27FN6O3/c1-37-16-27(36)8-2-9-33(15-27)18-3-6-23(29-12-18)32-21-5-4-19(20-13-31-26(35)25(20)21)22-14-30-24-11-17(28)7-10-34(22)24/h3-7,10-12,14,36H,2,8-9,13,15-16H2,1H3,(H,29,32)(H,31,35)/t27-/m0/s1. The Bertz CT molecular complexity index is 1480. The van der Waals surface area contributed by atoms with E-state index in [9.17, 15) is 14.3 Å². The fraction of sp³-hybridized carbons (Fsp3) is 0.296. The molecule has 2 aliphatic heterocycles. The van der Waals surface area contributed by atoms with Gasteiger partial charge in [0.25, 0.3) is 5.91 Å². The summed E-state index contributed by atoms with van der Waals surface area (Å²) in [6.07, 6.45) is 6.68. The van der Waals surface area contributed by atoms with Gasteiger partial charge in [-0.05, 0) is 42.7 Å². The molecule has 190 valence electrons. The number of anilines is 3. The molecule has 1 saturated heterocycles. The zero-order chi connectivity index (χ0) is 25.6. The zero-order valence-corrected chi connectivity index (χ0v) is 20.4. The molecule has 0 aliphatic carbocycles. The summed E-state index contributed by atoms with van der Waals surface area (Å²) >= 11 is 0. The van der Waals surface area contributed by atoms with Crippen molar-refractivity contribution in [3.63, 3.8) is 0 Å². The average molecular weight is 503 g/mol. The number of hydrogen-bond donors (Lipinski definition) is 3. The van der Waals surface area contributed by atoms with E-state index in [0.717, 1.165) is 35.5 Å². The van der Waals surface area contributed by atoms with E-state index in [4.69, 9.17) is 4.74 Å². The van der Waals surface area contributed by atoms with Gasteiger partial charge in [-0.15, -0.1) is 0 Å². The lowest BCUT2D eigenvalue weighted by Crippen LogP contribution is -2.51. The van der Waals surface area contributed by atoms with Crippen molar-refractivity contribution in [2.24, 2.45) is 0 Å². The summed E-state index contributed by atoms with van der Waals surface area (Å²) in [5.41, 5.74) is 4.26. The third-order valence-corrected chi connectivity index (χ3v) is 7.06. The van der Waals surface area contributed by atoms with E-state index in [1.807, 2.05) is 28.7 Å². The van der Waals surface area contributed by atoms with Crippen LogP contribution < -0.4 is 15.5 Å². The molecular weight excluding hydrogens is 475 g/mol. The lowest BCUT2D eigenvalue weighted by Gasteiger charge is -2.39. The molecule has 1 fully saturated rings. The molecule has 0 unspecified atom stereocenters. The van der Waals surface area contributed by atoms with Gasteiger partial charge in [0.2, 0.25) is 0 Å². The van der Waals surface area contributed by atoms with E-state index < -0.39 is 5.60 Å². The van der Waals surface area contributed by atoms with E-state index in [1.165, 1.54) is 12.1 Å². The maximum Gasteiger partial charge on any atom is 0.254 e. The fourth-order valence-corrected chi connectivity index (χ4v) is 5.35. The normalized spacial score (nSPS) is 19.2. The van der Waals surface area contributed by atoms with Gasteiger partial charge in [-0.3, -0.25) is 9.20 Å². The van der Waals surface area contributed by atoms with Crippen LogP contribution in [0, 0.1) is 5.82 Å². The number of nitrogens with zero attached hydrogens (tertiary/aromatic N) is 4. The van der Waals surface area contributed by atoms with Crippen molar-refractivity contribution in [2.75, 3.05) is 37.0 Å². The van der Waals surface area contributed by atoms with Gasteiger partial charge in [-0.25, -0.2) is 14.4 Å². The van der Waals surface area contributed by atoms with Gasteiger partial charge in [0.05, 0.1) is 41.6 Å². The van der Waals surface area contributed by atoms with E-state index in [2.05, 4.69) is 25.5 Å². The first-order valence-electron chi connectivity index (χ1n) is 12.2. The summed E-state index contributed by atoms with van der Waals surface area (Å²) < 4.78 is 20.6. The number of amides is 1. The summed E-state index contributed by atoms with van der Waals surface area (Å²) in [6.45, 7) is 2.01. The molecule has 6 rings (SSSR count). The number of piperidine rings is 1. The number of rotatable bonds is 6. The molecule has 9 nitrogen and oxygen atoms in total. The highest BCUT2D eigenvalue weighted by atomic mass is 19.1. The van der Waals surface area contributed by atoms with Crippen molar-refractivity contribution in [3.05, 3.63) is 71.9 Å². The highest BCUT2D eigenvalue weighted by Gasteiger charge is 2.33. The quantitative estimate of drug-likeness (QED) is 0.371. The second-order valence-corrected chi connectivity index (χ2v) is 9.62. The summed E-state index contributed by atoms with van der Waals surface area (Å²) in [5.74, 6) is 0.0881. The van der Waals surface area contributed by atoms with Crippen molar-refractivity contribution in [3.8, 4) is 11.3 Å². The number of halogens is 1. The third-order valence-electron chi connectivity index (χ3n) is 7.06. The highest BCUT2D eigenvalue weighted by molar-refractivity contribution is 6.06. The number of pyridine rings is 2. The van der Waals surface area contributed by atoms with Crippen LogP contribution in [0.2, 0.25) is 0 Å². The van der Waals surface area contributed by atoms with Crippen LogP contribution in [0.25, 0.3) is 16.9 Å². The van der Waals surface area contributed by atoms with Gasteiger partial charge >= 0.3 is 0 Å². The smallest absolute Gasteiger partial charge is 0.254 e. The predicted octanol–water partition coefficient (Wildman–Crippen LogP) is 3.50. The van der Waals surface area contributed by atoms with Gasteiger partial charge < -0.3 is 25.4 Å². The van der Waals surface area contributed by atoms with E-state index >= 15 is 0 Å². The van der Waals surface area contributed by atoms with Crippen molar-refractivity contribution < 1.29 is 19.0 Å². The second kappa shape index (κ2) is 9.13. The first-order valence-corrected chi connectivity index (χ1v) is 12.2. The van der Waals surface area contributed by atoms with Crippen LogP contribution in [0.5, 0.6) is 0 Å². The number of imidazole rings is 1. The number of methoxy groups -OCH3 is 1. The minimum atomic E-state index is -0.866. The first-order chi connectivity index (χ1) is 17.9. The van der Waals surface area contributed by atoms with Crippen LogP contribution in [0.1, 0.15) is 28.8 Å². The van der Waals surface area contributed by atoms with Gasteiger partial charge in [0.1, 0.15) is 22.9 Å². The molecular formula is C27H27FN6O3. The van der Waals surface area contributed by atoms with Crippen LogP contribution in [-0.2, 0) is 11.3 Å². The number of carbonyl (C=O) groups is 1.